The third-order valence-corrected chi connectivity index (χ3v) is 4.50. The fraction of sp³-hybridized carbons (Fsp3) is 0.350. The van der Waals surface area contributed by atoms with Crippen LogP contribution in [-0.2, 0) is 13.0 Å². The first-order valence-corrected chi connectivity index (χ1v) is 8.47. The van der Waals surface area contributed by atoms with E-state index < -0.39 is 0 Å². The van der Waals surface area contributed by atoms with Crippen LogP contribution in [0.5, 0.6) is 11.5 Å². The van der Waals surface area contributed by atoms with Crippen molar-refractivity contribution >= 4 is 11.6 Å². The largest absolute Gasteiger partial charge is 0.496 e. The summed E-state index contributed by atoms with van der Waals surface area (Å²) in [6.45, 7) is 6.65. The fourth-order valence-electron chi connectivity index (χ4n) is 2.97. The number of methoxy groups -OCH3 is 1. The van der Waals surface area contributed by atoms with Gasteiger partial charge < -0.3 is 20.5 Å². The van der Waals surface area contributed by atoms with Crippen molar-refractivity contribution in [2.45, 2.75) is 39.8 Å². The highest BCUT2D eigenvalue weighted by atomic mass is 16.5. The van der Waals surface area contributed by atoms with Crippen molar-refractivity contribution in [3.05, 3.63) is 52.6 Å². The van der Waals surface area contributed by atoms with Gasteiger partial charge in [-0.1, -0.05) is 6.07 Å². The number of rotatable bonds is 4. The minimum atomic E-state index is 0.204. The molecule has 0 aliphatic carbocycles. The van der Waals surface area contributed by atoms with Gasteiger partial charge in [-0.2, -0.15) is 0 Å². The normalized spacial score (nSPS) is 16.3. The monoisotopic (exact) mass is 339 g/mol. The van der Waals surface area contributed by atoms with E-state index in [0.717, 1.165) is 29.2 Å². The number of nitrogens with one attached hydrogen (secondary N) is 1. The van der Waals surface area contributed by atoms with Crippen LogP contribution in [-0.4, -0.2) is 19.2 Å². The zero-order valence-corrected chi connectivity index (χ0v) is 15.2. The van der Waals surface area contributed by atoms with Gasteiger partial charge in [0.15, 0.2) is 5.96 Å². The van der Waals surface area contributed by atoms with Gasteiger partial charge in [-0.3, -0.25) is 0 Å². The third-order valence-electron chi connectivity index (χ3n) is 4.50. The lowest BCUT2D eigenvalue weighted by Crippen LogP contribution is -2.22. The molecule has 2 aromatic rings. The first-order chi connectivity index (χ1) is 12.0. The predicted molar refractivity (Wildman–Crippen MR) is 102 cm³/mol. The lowest BCUT2D eigenvalue weighted by atomic mass is 10.1. The Morgan fingerprint density at radius 2 is 2.08 bits per heavy atom. The summed E-state index contributed by atoms with van der Waals surface area (Å²) in [7, 11) is 1.67. The van der Waals surface area contributed by atoms with Crippen molar-refractivity contribution < 1.29 is 9.47 Å². The number of aliphatic imine (C=N–C) groups is 1. The van der Waals surface area contributed by atoms with Crippen molar-refractivity contribution in [1.29, 1.82) is 0 Å². The number of hydrogen-bond donors (Lipinski definition) is 2. The number of nitrogens with two attached hydrogens (primary N) is 1. The van der Waals surface area contributed by atoms with E-state index in [1.54, 1.807) is 7.11 Å². The van der Waals surface area contributed by atoms with Gasteiger partial charge in [-0.15, -0.1) is 0 Å². The smallest absolute Gasteiger partial charge is 0.193 e. The molecule has 1 atom stereocenters. The van der Waals surface area contributed by atoms with Crippen LogP contribution < -0.4 is 20.5 Å². The van der Waals surface area contributed by atoms with Crippen LogP contribution >= 0.6 is 0 Å². The van der Waals surface area contributed by atoms with Gasteiger partial charge in [-0.05, 0) is 56.2 Å². The zero-order chi connectivity index (χ0) is 18.0. The van der Waals surface area contributed by atoms with Crippen molar-refractivity contribution in [2.24, 2.45) is 10.7 Å². The van der Waals surface area contributed by atoms with Crippen LogP contribution in [0.1, 0.15) is 29.2 Å². The number of aryl methyl sites for hydroxylation is 2. The molecule has 0 aromatic heterocycles. The number of guanidine groups is 1. The van der Waals surface area contributed by atoms with E-state index in [2.05, 4.69) is 43.2 Å². The van der Waals surface area contributed by atoms with E-state index in [-0.39, 0.29) is 6.10 Å². The van der Waals surface area contributed by atoms with Crippen LogP contribution in [0.3, 0.4) is 0 Å². The van der Waals surface area contributed by atoms with E-state index >= 15 is 0 Å². The second-order valence-electron chi connectivity index (χ2n) is 6.53. The molecule has 0 bridgehead atoms. The molecular weight excluding hydrogens is 314 g/mol. The maximum atomic E-state index is 6.03. The second-order valence-corrected chi connectivity index (χ2v) is 6.53. The number of anilines is 1. The number of benzene rings is 2. The lowest BCUT2D eigenvalue weighted by molar-refractivity contribution is 0.254. The highest BCUT2D eigenvalue weighted by Gasteiger charge is 2.21. The minimum absolute atomic E-state index is 0.204. The predicted octanol–water partition coefficient (Wildman–Crippen LogP) is 3.56. The molecule has 3 rings (SSSR count). The van der Waals surface area contributed by atoms with Gasteiger partial charge in [0.25, 0.3) is 0 Å². The topological polar surface area (TPSA) is 68.9 Å². The summed E-state index contributed by atoms with van der Waals surface area (Å²) in [5.41, 5.74) is 11.6. The van der Waals surface area contributed by atoms with Crippen molar-refractivity contribution in [2.75, 3.05) is 12.4 Å². The van der Waals surface area contributed by atoms with E-state index in [1.165, 1.54) is 16.7 Å². The maximum absolute atomic E-state index is 6.03. The van der Waals surface area contributed by atoms with Crippen LogP contribution in [0.15, 0.2) is 35.3 Å². The van der Waals surface area contributed by atoms with E-state index in [9.17, 15) is 0 Å². The molecule has 1 aliphatic rings. The summed E-state index contributed by atoms with van der Waals surface area (Å²) in [5.74, 6) is 2.11. The highest BCUT2D eigenvalue weighted by Crippen LogP contribution is 2.35. The second kappa shape index (κ2) is 7.05. The molecule has 0 saturated heterocycles. The van der Waals surface area contributed by atoms with Crippen molar-refractivity contribution in [3.63, 3.8) is 0 Å². The lowest BCUT2D eigenvalue weighted by Gasteiger charge is -2.11. The highest BCUT2D eigenvalue weighted by molar-refractivity contribution is 5.92. The Morgan fingerprint density at radius 3 is 2.80 bits per heavy atom. The van der Waals surface area contributed by atoms with Crippen LogP contribution in [0.25, 0.3) is 0 Å². The molecule has 1 aliphatic heterocycles. The molecule has 25 heavy (non-hydrogen) atoms. The summed E-state index contributed by atoms with van der Waals surface area (Å²) in [6.07, 6.45) is 1.11. The molecule has 0 amide bonds. The molecule has 1 unspecified atom stereocenters. The standard InChI is InChI=1S/C20H25N3O2/c1-12-5-6-17(7-13(12)2)23-20(21)22-11-16-10-19-15(8-14(3)25-19)9-18(16)24-4/h5-7,9-10,14H,8,11H2,1-4H3,(H3,21,22,23). The van der Waals surface area contributed by atoms with Crippen LogP contribution in [0.2, 0.25) is 0 Å². The number of ether oxygens (including phenoxy) is 2. The van der Waals surface area contributed by atoms with Crippen molar-refractivity contribution in [1.82, 2.24) is 0 Å². The Bertz CT molecular complexity index is 815. The Morgan fingerprint density at radius 1 is 1.28 bits per heavy atom. The maximum Gasteiger partial charge on any atom is 0.193 e. The number of nitrogens with zero attached hydrogens (tertiary/aromatic N) is 1. The molecule has 3 N–H and O–H groups in total. The Labute approximate surface area is 148 Å². The first-order valence-electron chi connectivity index (χ1n) is 8.47. The molecule has 0 radical (unpaired) electrons. The SMILES string of the molecule is COc1cc2c(cc1CN=C(N)Nc1ccc(C)c(C)c1)OC(C)C2. The van der Waals surface area contributed by atoms with Gasteiger partial charge >= 0.3 is 0 Å². The van der Waals surface area contributed by atoms with Gasteiger partial charge in [0, 0.05) is 23.2 Å². The van der Waals surface area contributed by atoms with Crippen molar-refractivity contribution in [3.8, 4) is 11.5 Å². The summed E-state index contributed by atoms with van der Waals surface area (Å²) >= 11 is 0. The Hall–Kier alpha value is -2.69. The first kappa shape index (κ1) is 17.1. The van der Waals surface area contributed by atoms with E-state index in [0.29, 0.717) is 12.5 Å². The summed E-state index contributed by atoms with van der Waals surface area (Å²) < 4.78 is 11.3. The quantitative estimate of drug-likeness (QED) is 0.660. The molecule has 2 aromatic carbocycles. The van der Waals surface area contributed by atoms with E-state index in [4.69, 9.17) is 15.2 Å². The summed E-state index contributed by atoms with van der Waals surface area (Å²) in [5, 5.41) is 3.13. The zero-order valence-electron chi connectivity index (χ0n) is 15.2. The van der Waals surface area contributed by atoms with Gasteiger partial charge in [-0.25, -0.2) is 4.99 Å². The van der Waals surface area contributed by atoms with E-state index in [1.807, 2.05) is 18.2 Å². The van der Waals surface area contributed by atoms with Gasteiger partial charge in [0.1, 0.15) is 17.6 Å². The fourth-order valence-corrected chi connectivity index (χ4v) is 2.97. The average molecular weight is 339 g/mol. The number of fused-ring (bicyclic) bond motifs is 1. The third kappa shape index (κ3) is 3.87. The molecular formula is C20H25N3O2. The van der Waals surface area contributed by atoms with Crippen LogP contribution in [0.4, 0.5) is 5.69 Å². The molecule has 5 heteroatoms. The number of hydrogen-bond acceptors (Lipinski definition) is 3. The van der Waals surface area contributed by atoms with Gasteiger partial charge in [0.2, 0.25) is 0 Å². The van der Waals surface area contributed by atoms with Crippen LogP contribution in [0, 0.1) is 13.8 Å². The molecule has 1 heterocycles. The minimum Gasteiger partial charge on any atom is -0.496 e. The Balaban J connectivity index is 1.74. The molecule has 132 valence electrons. The summed E-state index contributed by atoms with van der Waals surface area (Å²) in [6, 6.07) is 10.2. The molecule has 0 spiro atoms. The Kier molecular flexibility index (Phi) is 4.83. The average Bonchev–Trinajstić information content (AvgIpc) is 2.94. The molecule has 0 fully saturated rings. The molecule has 5 nitrogen and oxygen atoms in total. The molecule has 0 saturated carbocycles. The van der Waals surface area contributed by atoms with Gasteiger partial charge in [0.05, 0.1) is 13.7 Å². The summed E-state index contributed by atoms with van der Waals surface area (Å²) in [4.78, 5) is 4.44.